The molecule has 5 nitrogen and oxygen atoms in total. The molecular weight excluding hydrogens is 1060 g/mol. The van der Waals surface area contributed by atoms with Gasteiger partial charge in [-0.15, -0.1) is 11.0 Å². The van der Waals surface area contributed by atoms with Gasteiger partial charge in [0.15, 0.2) is 0 Å². The quantitative estimate of drug-likeness (QED) is 0.173. The van der Waals surface area contributed by atoms with Crippen molar-refractivity contribution in [1.82, 2.24) is 24.9 Å². The van der Waals surface area contributed by atoms with Gasteiger partial charge in [-0.2, -0.15) is 0 Å². The van der Waals surface area contributed by atoms with Gasteiger partial charge in [0.25, 0.3) is 0 Å². The Hall–Kier alpha value is -8.64. The average molecular weight is 1090 g/mol. The maximum atomic E-state index is 15.7. The number of hydrogen-bond acceptors (Lipinski definition) is 3. The summed E-state index contributed by atoms with van der Waals surface area (Å²) < 4.78 is 31.5. The topological polar surface area (TPSA) is 66.9 Å². The van der Waals surface area contributed by atoms with Gasteiger partial charge < -0.3 is 15.0 Å². The first-order valence-corrected chi connectivity index (χ1v) is 23.3. The zero-order valence-corrected chi connectivity index (χ0v) is 39.6. The minimum absolute atomic E-state index is 0. The third kappa shape index (κ3) is 6.43. The fraction of sp³-hybridized carbons (Fsp3) is 0. The van der Waals surface area contributed by atoms with Gasteiger partial charge in [-0.05, 0) is 171 Å². The summed E-state index contributed by atoms with van der Waals surface area (Å²) in [6.45, 7) is 0. The molecule has 2 aliphatic rings. The van der Waals surface area contributed by atoms with Crippen LogP contribution in [0.2, 0.25) is 0 Å². The summed E-state index contributed by atoms with van der Waals surface area (Å²) in [7, 11) is 0. The Labute approximate surface area is 418 Å². The zero-order chi connectivity index (χ0) is 46.2. The number of hydrogen-bond donors (Lipinski definition) is 0. The number of halogens is 2. The third-order valence-electron chi connectivity index (χ3n) is 14.2. The van der Waals surface area contributed by atoms with Gasteiger partial charge in [-0.25, -0.2) is 13.8 Å². The first kappa shape index (κ1) is 41.3. The van der Waals surface area contributed by atoms with Crippen LogP contribution < -0.4 is 9.97 Å². The van der Waals surface area contributed by atoms with Crippen LogP contribution in [-0.4, -0.2) is 15.0 Å². The molecule has 71 heavy (non-hydrogen) atoms. The molecule has 8 heteroatoms. The van der Waals surface area contributed by atoms with Crippen LogP contribution in [0.5, 0.6) is 0 Å². The van der Waals surface area contributed by atoms with E-state index in [4.69, 9.17) is 24.9 Å². The van der Waals surface area contributed by atoms with E-state index in [1.165, 1.54) is 12.1 Å². The molecule has 0 N–H and O–H groups in total. The van der Waals surface area contributed by atoms with Crippen LogP contribution >= 0.6 is 0 Å². The number of aromatic nitrogens is 5. The Morgan fingerprint density at radius 3 is 1.30 bits per heavy atom. The van der Waals surface area contributed by atoms with Crippen molar-refractivity contribution in [2.45, 2.75) is 0 Å². The van der Waals surface area contributed by atoms with Crippen LogP contribution in [0.25, 0.3) is 154 Å². The van der Waals surface area contributed by atoms with E-state index in [0.717, 1.165) is 86.9 Å². The molecule has 2 aliphatic heterocycles. The molecule has 0 unspecified atom stereocenters. The molecule has 0 fully saturated rings. The normalized spacial score (nSPS) is 12.0. The predicted octanol–water partition coefficient (Wildman–Crippen LogP) is 16.2. The van der Waals surface area contributed by atoms with E-state index in [0.29, 0.717) is 67.4 Å². The maximum absolute atomic E-state index is 15.7. The number of benzene rings is 10. The smallest absolute Gasteiger partial charge is 0.656 e. The Morgan fingerprint density at radius 2 is 0.761 bits per heavy atom. The zero-order valence-electron chi connectivity index (χ0n) is 37.4. The van der Waals surface area contributed by atoms with E-state index >= 15 is 8.78 Å². The van der Waals surface area contributed by atoms with E-state index in [1.54, 1.807) is 24.3 Å². The van der Waals surface area contributed by atoms with Gasteiger partial charge >= 0.3 is 21.1 Å². The van der Waals surface area contributed by atoms with Crippen molar-refractivity contribution >= 4 is 86.8 Å². The molecule has 0 radical (unpaired) electrons. The summed E-state index contributed by atoms with van der Waals surface area (Å²) >= 11 is 0. The minimum Gasteiger partial charge on any atom is -0.656 e. The third-order valence-corrected chi connectivity index (χ3v) is 14.2. The fourth-order valence-electron chi connectivity index (χ4n) is 10.9. The van der Waals surface area contributed by atoms with Crippen LogP contribution in [0, 0.1) is 11.6 Å². The van der Waals surface area contributed by atoms with Gasteiger partial charge in [-0.3, -0.25) is 4.98 Å². The Balaban J connectivity index is 0.00000470. The first-order chi connectivity index (χ1) is 34.5. The number of fused-ring (bicyclic) bond motifs is 24. The summed E-state index contributed by atoms with van der Waals surface area (Å²) in [5, 5.41) is 11.7. The molecule has 0 saturated carbocycles. The van der Waals surface area contributed by atoms with E-state index in [9.17, 15) is 0 Å². The van der Waals surface area contributed by atoms with Crippen molar-refractivity contribution in [2.24, 2.45) is 0 Å². The summed E-state index contributed by atoms with van der Waals surface area (Å²) in [5.74, 6) is -0.288. The largest absolute Gasteiger partial charge is 2.00 e. The number of rotatable bonds is 2. The van der Waals surface area contributed by atoms with Gasteiger partial charge in [0.1, 0.15) is 11.6 Å². The first-order valence-electron chi connectivity index (χ1n) is 23.3. The van der Waals surface area contributed by atoms with Crippen molar-refractivity contribution in [1.29, 1.82) is 0 Å². The van der Waals surface area contributed by atoms with Crippen molar-refractivity contribution in [3.63, 3.8) is 0 Å². The minimum atomic E-state index is -0.374. The van der Waals surface area contributed by atoms with Crippen molar-refractivity contribution in [3.05, 3.63) is 212 Å². The van der Waals surface area contributed by atoms with E-state index in [2.05, 4.69) is 103 Å². The molecule has 334 valence electrons. The standard InChI is InChI=1S/C63H33F2N5.Pt/c64-44-21-9-19-42(23-44)56-58-48-27-36-13-3-1-11-34(36)25-46(48)54(66-58)33-55-47-26-35-12-2-4-14-37(35)28-49(47)59(67-55)57(43-20-10-22-45(65)24-43)61-51-30-39-16-6-8-18-41(39)32-53(51)63(69-61)70-62-52-31-40-17-7-5-15-38(40)29-50(52)60(56)68-62;/h1-33H;/q-2;+2. The van der Waals surface area contributed by atoms with Gasteiger partial charge in [0.2, 0.25) is 0 Å². The molecule has 0 aliphatic carbocycles. The van der Waals surface area contributed by atoms with Crippen LogP contribution in [-0.2, 0) is 21.1 Å². The Kier molecular flexibility index (Phi) is 9.14. The summed E-state index contributed by atoms with van der Waals surface area (Å²) in [4.78, 5) is 27.8. The number of nitrogens with zero attached hydrogens (tertiary/aromatic N) is 5. The second-order valence-electron chi connectivity index (χ2n) is 18.3. The van der Waals surface area contributed by atoms with Crippen LogP contribution in [0.4, 0.5) is 8.78 Å². The molecule has 10 aromatic carbocycles. The SMILES string of the molecule is Fc1cccc(-c2c3nc(nc4[n-]c(c(-c5cccc(F)c5)c5nc(cc6[n-]c2c2cc7ccccc7cc62)-c2cc6ccccc6cc2-5)c2cc5ccccc5cc42)-c2cc4ccccc4cc2-3)c1.[Pt+2]. The van der Waals surface area contributed by atoms with Crippen molar-refractivity contribution in [2.75, 3.05) is 0 Å². The maximum Gasteiger partial charge on any atom is 2.00 e. The van der Waals surface area contributed by atoms with E-state index in [-0.39, 0.29) is 32.7 Å². The molecule has 0 atom stereocenters. The Morgan fingerprint density at radius 1 is 0.338 bits per heavy atom. The molecule has 0 amide bonds. The Bertz CT molecular complexity index is 4350. The molecule has 0 saturated heterocycles. The predicted molar refractivity (Wildman–Crippen MR) is 281 cm³/mol. The molecule has 15 rings (SSSR count). The van der Waals surface area contributed by atoms with Crippen LogP contribution in [0.3, 0.4) is 0 Å². The summed E-state index contributed by atoms with van der Waals surface area (Å²) in [6.07, 6.45) is 0. The summed E-state index contributed by atoms with van der Waals surface area (Å²) in [6, 6.07) is 65.8. The van der Waals surface area contributed by atoms with Gasteiger partial charge in [0, 0.05) is 27.8 Å². The molecular formula is C63H33F2N5Pt. The fourth-order valence-corrected chi connectivity index (χ4v) is 10.9. The van der Waals surface area contributed by atoms with Crippen molar-refractivity contribution in [3.8, 4) is 67.4 Å². The second kappa shape index (κ2) is 15.7. The van der Waals surface area contributed by atoms with Crippen molar-refractivity contribution < 1.29 is 29.8 Å². The average Bonchev–Trinajstić information content (AvgIpc) is 4.12. The van der Waals surface area contributed by atoms with Gasteiger partial charge in [-0.1, -0.05) is 121 Å². The van der Waals surface area contributed by atoms with Gasteiger partial charge in [0.05, 0.1) is 22.9 Å². The summed E-state index contributed by atoms with van der Waals surface area (Å²) in [5.41, 5.74) is 10.5. The molecule has 5 heterocycles. The van der Waals surface area contributed by atoms with Crippen LogP contribution in [0.15, 0.2) is 200 Å². The molecule has 8 bridgehead atoms. The van der Waals surface area contributed by atoms with Crippen LogP contribution in [0.1, 0.15) is 0 Å². The second-order valence-corrected chi connectivity index (χ2v) is 18.3. The molecule has 0 spiro atoms. The molecule has 3 aromatic heterocycles. The van der Waals surface area contributed by atoms with E-state index < -0.39 is 0 Å². The monoisotopic (exact) mass is 1090 g/mol. The molecule has 13 aromatic rings. The van der Waals surface area contributed by atoms with E-state index in [1.807, 2.05) is 60.7 Å².